The molecule has 7 heteroatoms. The first kappa shape index (κ1) is 19.1. The number of nitrogens with one attached hydrogen (secondary N) is 1. The van der Waals surface area contributed by atoms with Crippen molar-refractivity contribution in [2.75, 3.05) is 13.1 Å². The van der Waals surface area contributed by atoms with Gasteiger partial charge in [0.2, 0.25) is 11.8 Å². The van der Waals surface area contributed by atoms with Crippen molar-refractivity contribution in [3.8, 4) is 11.4 Å². The van der Waals surface area contributed by atoms with E-state index < -0.39 is 0 Å². The van der Waals surface area contributed by atoms with E-state index in [-0.39, 0.29) is 24.3 Å². The molecule has 1 saturated heterocycles. The molecule has 1 aliphatic heterocycles. The van der Waals surface area contributed by atoms with Crippen LogP contribution in [-0.4, -0.2) is 50.6 Å². The summed E-state index contributed by atoms with van der Waals surface area (Å²) in [6.45, 7) is 3.22. The van der Waals surface area contributed by atoms with Gasteiger partial charge >= 0.3 is 0 Å². The second-order valence-electron chi connectivity index (χ2n) is 6.94. The van der Waals surface area contributed by atoms with E-state index in [0.29, 0.717) is 25.3 Å². The van der Waals surface area contributed by atoms with Crippen molar-refractivity contribution in [1.82, 2.24) is 25.0 Å². The Labute approximate surface area is 159 Å². The first-order chi connectivity index (χ1) is 13.1. The molecule has 0 bridgehead atoms. The average Bonchev–Trinajstić information content (AvgIpc) is 3.03. The molecule has 2 aromatic rings. The lowest BCUT2D eigenvalue weighted by Crippen LogP contribution is -2.46. The molecule has 0 spiro atoms. The summed E-state index contributed by atoms with van der Waals surface area (Å²) in [5.74, 6) is 1.41. The zero-order valence-electron chi connectivity index (χ0n) is 16.0. The van der Waals surface area contributed by atoms with Crippen molar-refractivity contribution >= 4 is 11.8 Å². The van der Waals surface area contributed by atoms with Gasteiger partial charge in [-0.25, -0.2) is 0 Å². The first-order valence-corrected chi connectivity index (χ1v) is 9.60. The number of hydrogen-bond acceptors (Lipinski definition) is 4. The standard InChI is InChI=1S/C20H27N5O2/c1-3-21-18(26)13-16-11-7-8-12-25(16)19(27)14-17-22-23-20(24(17)2)15-9-5-4-6-10-15/h4-6,9-10,16H,3,7-8,11-14H2,1-2H3,(H,21,26). The van der Waals surface area contributed by atoms with Gasteiger partial charge in [0.05, 0.1) is 6.42 Å². The Balaban J connectivity index is 1.70. The molecule has 0 saturated carbocycles. The average molecular weight is 369 g/mol. The minimum atomic E-state index is -0.0281. The molecule has 1 atom stereocenters. The smallest absolute Gasteiger partial charge is 0.230 e. The van der Waals surface area contributed by atoms with Gasteiger partial charge in [0, 0.05) is 38.2 Å². The van der Waals surface area contributed by atoms with Crippen LogP contribution in [0.25, 0.3) is 11.4 Å². The van der Waals surface area contributed by atoms with E-state index in [0.717, 1.165) is 30.7 Å². The van der Waals surface area contributed by atoms with E-state index in [4.69, 9.17) is 0 Å². The van der Waals surface area contributed by atoms with E-state index in [1.807, 2.05) is 53.8 Å². The first-order valence-electron chi connectivity index (χ1n) is 9.60. The van der Waals surface area contributed by atoms with Gasteiger partial charge in [0.1, 0.15) is 5.82 Å². The third-order valence-electron chi connectivity index (χ3n) is 5.05. The van der Waals surface area contributed by atoms with Crippen molar-refractivity contribution in [3.05, 3.63) is 36.2 Å². The quantitative estimate of drug-likeness (QED) is 0.844. The molecular weight excluding hydrogens is 342 g/mol. The highest BCUT2D eigenvalue weighted by Crippen LogP contribution is 2.22. The number of benzene rings is 1. The van der Waals surface area contributed by atoms with Gasteiger partial charge in [-0.2, -0.15) is 0 Å². The number of rotatable bonds is 6. The zero-order valence-corrected chi connectivity index (χ0v) is 16.0. The van der Waals surface area contributed by atoms with Crippen LogP contribution >= 0.6 is 0 Å². The Kier molecular flexibility index (Phi) is 6.21. The van der Waals surface area contributed by atoms with Gasteiger partial charge in [0.15, 0.2) is 5.82 Å². The largest absolute Gasteiger partial charge is 0.356 e. The number of piperidine rings is 1. The lowest BCUT2D eigenvalue weighted by molar-refractivity contribution is -0.135. The molecule has 3 rings (SSSR count). The number of hydrogen-bond donors (Lipinski definition) is 1. The summed E-state index contributed by atoms with van der Waals surface area (Å²) in [6, 6.07) is 9.78. The fourth-order valence-electron chi connectivity index (χ4n) is 3.62. The fraction of sp³-hybridized carbons (Fsp3) is 0.500. The van der Waals surface area contributed by atoms with Crippen LogP contribution in [0.4, 0.5) is 0 Å². The van der Waals surface area contributed by atoms with E-state index in [9.17, 15) is 9.59 Å². The van der Waals surface area contributed by atoms with Gasteiger partial charge in [-0.05, 0) is 26.2 Å². The molecule has 1 aromatic carbocycles. The number of aromatic nitrogens is 3. The van der Waals surface area contributed by atoms with E-state index >= 15 is 0 Å². The van der Waals surface area contributed by atoms with Crippen molar-refractivity contribution in [2.45, 2.75) is 45.1 Å². The van der Waals surface area contributed by atoms with E-state index in [1.54, 1.807) is 0 Å². The van der Waals surface area contributed by atoms with Crippen molar-refractivity contribution in [2.24, 2.45) is 7.05 Å². The molecule has 1 unspecified atom stereocenters. The third-order valence-corrected chi connectivity index (χ3v) is 5.05. The summed E-state index contributed by atoms with van der Waals surface area (Å²) < 4.78 is 1.87. The molecule has 0 radical (unpaired) electrons. The van der Waals surface area contributed by atoms with Gasteiger partial charge in [-0.15, -0.1) is 10.2 Å². The summed E-state index contributed by atoms with van der Waals surface area (Å²) >= 11 is 0. The normalized spacial score (nSPS) is 17.0. The van der Waals surface area contributed by atoms with Gasteiger partial charge < -0.3 is 14.8 Å². The van der Waals surface area contributed by atoms with Gasteiger partial charge in [-0.1, -0.05) is 30.3 Å². The van der Waals surface area contributed by atoms with Crippen molar-refractivity contribution in [3.63, 3.8) is 0 Å². The Bertz CT molecular complexity index is 787. The summed E-state index contributed by atoms with van der Waals surface area (Å²) in [7, 11) is 1.88. The van der Waals surface area contributed by atoms with Crippen molar-refractivity contribution < 1.29 is 9.59 Å². The van der Waals surface area contributed by atoms with Crippen molar-refractivity contribution in [1.29, 1.82) is 0 Å². The number of carbonyl (C=O) groups excluding carboxylic acids is 2. The third kappa shape index (κ3) is 4.53. The Morgan fingerprint density at radius 3 is 2.70 bits per heavy atom. The highest BCUT2D eigenvalue weighted by molar-refractivity contribution is 5.81. The number of amides is 2. The summed E-state index contributed by atoms with van der Waals surface area (Å²) in [5, 5.41) is 11.3. The molecule has 144 valence electrons. The summed E-state index contributed by atoms with van der Waals surface area (Å²) in [4.78, 5) is 26.8. The van der Waals surface area contributed by atoms with Crippen LogP contribution in [0.2, 0.25) is 0 Å². The van der Waals surface area contributed by atoms with Crippen LogP contribution < -0.4 is 5.32 Å². The molecule has 1 N–H and O–H groups in total. The number of likely N-dealkylation sites (tertiary alicyclic amines) is 1. The molecule has 1 fully saturated rings. The molecule has 2 heterocycles. The van der Waals surface area contributed by atoms with Crippen LogP contribution in [0.1, 0.15) is 38.4 Å². The highest BCUT2D eigenvalue weighted by atomic mass is 16.2. The van der Waals surface area contributed by atoms with Crippen LogP contribution in [-0.2, 0) is 23.1 Å². The summed E-state index contributed by atoms with van der Waals surface area (Å²) in [6.07, 6.45) is 3.47. The zero-order chi connectivity index (χ0) is 19.2. The van der Waals surface area contributed by atoms with E-state index in [2.05, 4.69) is 15.5 Å². The molecular formula is C20H27N5O2. The maximum Gasteiger partial charge on any atom is 0.230 e. The van der Waals surface area contributed by atoms with Gasteiger partial charge in [-0.3, -0.25) is 9.59 Å². The fourth-order valence-corrected chi connectivity index (χ4v) is 3.62. The maximum absolute atomic E-state index is 12.9. The van der Waals surface area contributed by atoms with Crippen LogP contribution in [0.15, 0.2) is 30.3 Å². The van der Waals surface area contributed by atoms with Crippen LogP contribution in [0.3, 0.4) is 0 Å². The number of nitrogens with zero attached hydrogens (tertiary/aromatic N) is 4. The highest BCUT2D eigenvalue weighted by Gasteiger charge is 2.29. The Hall–Kier alpha value is -2.70. The molecule has 27 heavy (non-hydrogen) atoms. The molecule has 0 aliphatic carbocycles. The molecule has 1 aliphatic rings. The van der Waals surface area contributed by atoms with E-state index in [1.165, 1.54) is 0 Å². The maximum atomic E-state index is 12.9. The minimum Gasteiger partial charge on any atom is -0.356 e. The monoisotopic (exact) mass is 369 g/mol. The lowest BCUT2D eigenvalue weighted by Gasteiger charge is -2.35. The second kappa shape index (κ2) is 8.79. The van der Waals surface area contributed by atoms with Crippen LogP contribution in [0, 0.1) is 0 Å². The predicted molar refractivity (Wildman–Crippen MR) is 103 cm³/mol. The predicted octanol–water partition coefficient (Wildman–Crippen LogP) is 1.93. The molecule has 1 aromatic heterocycles. The molecule has 7 nitrogen and oxygen atoms in total. The summed E-state index contributed by atoms with van der Waals surface area (Å²) in [5.41, 5.74) is 0.971. The van der Waals surface area contributed by atoms with Crippen LogP contribution in [0.5, 0.6) is 0 Å². The SMILES string of the molecule is CCNC(=O)CC1CCCCN1C(=O)Cc1nnc(-c2ccccc2)n1C. The Morgan fingerprint density at radius 1 is 1.19 bits per heavy atom. The minimum absolute atomic E-state index is 0.00669. The lowest BCUT2D eigenvalue weighted by atomic mass is 9.98. The molecule has 2 amide bonds. The number of carbonyl (C=O) groups is 2. The topological polar surface area (TPSA) is 80.1 Å². The second-order valence-corrected chi connectivity index (χ2v) is 6.94. The van der Waals surface area contributed by atoms with Gasteiger partial charge in [0.25, 0.3) is 0 Å². The Morgan fingerprint density at radius 2 is 1.96 bits per heavy atom.